The van der Waals surface area contributed by atoms with Gasteiger partial charge in [0.2, 0.25) is 0 Å². The second kappa shape index (κ2) is 7.89. The van der Waals surface area contributed by atoms with Crippen LogP contribution in [-0.2, 0) is 14.3 Å². The van der Waals surface area contributed by atoms with Gasteiger partial charge in [0.15, 0.2) is 0 Å². The van der Waals surface area contributed by atoms with Crippen LogP contribution < -0.4 is 9.47 Å². The third-order valence-corrected chi connectivity index (χ3v) is 5.63. The molecular formula is C19H24O5S. The summed E-state index contributed by atoms with van der Waals surface area (Å²) in [4.78, 5) is 0.148. The third-order valence-electron chi connectivity index (χ3n) is 4.22. The molecule has 0 saturated carbocycles. The van der Waals surface area contributed by atoms with Crippen molar-refractivity contribution < 1.29 is 22.1 Å². The van der Waals surface area contributed by atoms with E-state index in [1.807, 2.05) is 19.9 Å². The van der Waals surface area contributed by atoms with Gasteiger partial charge in [0.1, 0.15) is 11.5 Å². The van der Waals surface area contributed by atoms with Gasteiger partial charge in [-0.15, -0.1) is 0 Å². The van der Waals surface area contributed by atoms with Gasteiger partial charge in [0.05, 0.1) is 25.2 Å². The van der Waals surface area contributed by atoms with Gasteiger partial charge in [0, 0.05) is 11.5 Å². The van der Waals surface area contributed by atoms with Crippen LogP contribution >= 0.6 is 0 Å². The minimum absolute atomic E-state index is 0.148. The first-order chi connectivity index (χ1) is 11.8. The molecule has 0 aliphatic rings. The van der Waals surface area contributed by atoms with Crippen molar-refractivity contribution in [1.29, 1.82) is 0 Å². The largest absolute Gasteiger partial charge is 0.497 e. The Hall–Kier alpha value is -2.05. The Morgan fingerprint density at radius 3 is 2.12 bits per heavy atom. The van der Waals surface area contributed by atoms with Crippen LogP contribution in [0.4, 0.5) is 0 Å². The molecule has 25 heavy (non-hydrogen) atoms. The molecule has 0 amide bonds. The van der Waals surface area contributed by atoms with E-state index in [0.717, 1.165) is 11.1 Å². The highest BCUT2D eigenvalue weighted by molar-refractivity contribution is 7.86. The van der Waals surface area contributed by atoms with Gasteiger partial charge in [0.25, 0.3) is 10.1 Å². The van der Waals surface area contributed by atoms with E-state index in [1.165, 1.54) is 0 Å². The van der Waals surface area contributed by atoms with Crippen molar-refractivity contribution in [3.05, 3.63) is 53.6 Å². The van der Waals surface area contributed by atoms with Crippen LogP contribution in [0.3, 0.4) is 0 Å². The number of ether oxygens (including phenoxy) is 2. The lowest BCUT2D eigenvalue weighted by molar-refractivity contribution is 0.200. The Morgan fingerprint density at radius 1 is 0.920 bits per heavy atom. The number of methoxy groups -OCH3 is 2. The molecule has 0 aromatic heterocycles. The lowest BCUT2D eigenvalue weighted by Crippen LogP contribution is -2.21. The van der Waals surface area contributed by atoms with Crippen LogP contribution in [0.25, 0.3) is 0 Å². The molecule has 0 aliphatic carbocycles. The van der Waals surface area contributed by atoms with E-state index < -0.39 is 16.2 Å². The predicted octanol–water partition coefficient (Wildman–Crippen LogP) is 3.91. The van der Waals surface area contributed by atoms with Crippen LogP contribution in [0.15, 0.2) is 47.4 Å². The third kappa shape index (κ3) is 4.52. The monoisotopic (exact) mass is 364 g/mol. The van der Waals surface area contributed by atoms with Crippen LogP contribution in [0.5, 0.6) is 11.5 Å². The minimum Gasteiger partial charge on any atom is -0.497 e. The maximum absolute atomic E-state index is 12.5. The van der Waals surface area contributed by atoms with Crippen molar-refractivity contribution in [2.24, 2.45) is 0 Å². The van der Waals surface area contributed by atoms with E-state index in [-0.39, 0.29) is 10.8 Å². The van der Waals surface area contributed by atoms with Crippen molar-refractivity contribution >= 4 is 10.1 Å². The highest BCUT2D eigenvalue weighted by Crippen LogP contribution is 2.34. The summed E-state index contributed by atoms with van der Waals surface area (Å²) in [5, 5.41) is 0. The summed E-state index contributed by atoms with van der Waals surface area (Å²) < 4.78 is 41.0. The zero-order valence-electron chi connectivity index (χ0n) is 15.1. The Balaban J connectivity index is 2.25. The summed E-state index contributed by atoms with van der Waals surface area (Å²) in [5.41, 5.74) is 1.81. The smallest absolute Gasteiger partial charge is 0.297 e. The highest BCUT2D eigenvalue weighted by atomic mass is 32.2. The second-order valence-electron chi connectivity index (χ2n) is 5.97. The molecule has 6 heteroatoms. The van der Waals surface area contributed by atoms with E-state index in [4.69, 9.17) is 13.7 Å². The molecule has 2 aromatic carbocycles. The fourth-order valence-electron chi connectivity index (χ4n) is 2.49. The molecule has 136 valence electrons. The highest BCUT2D eigenvalue weighted by Gasteiger charge is 2.26. The van der Waals surface area contributed by atoms with Gasteiger partial charge < -0.3 is 9.47 Å². The van der Waals surface area contributed by atoms with E-state index in [2.05, 4.69) is 0 Å². The molecular weight excluding hydrogens is 340 g/mol. The molecule has 0 aliphatic heterocycles. The Labute approximate surface area is 149 Å². The summed E-state index contributed by atoms with van der Waals surface area (Å²) in [5.74, 6) is 1.12. The SMILES string of the molecule is COc1ccc(OC)c([C@@H](C)[C@@H](C)OS(=O)(=O)c2ccc(C)cc2)c1. The van der Waals surface area contributed by atoms with Crippen molar-refractivity contribution in [3.8, 4) is 11.5 Å². The first-order valence-electron chi connectivity index (χ1n) is 8.00. The molecule has 0 N–H and O–H groups in total. The molecule has 2 aromatic rings. The molecule has 5 nitrogen and oxygen atoms in total. The average Bonchev–Trinajstić information content (AvgIpc) is 2.60. The van der Waals surface area contributed by atoms with Gasteiger partial charge in [-0.3, -0.25) is 4.18 Å². The number of benzene rings is 2. The van der Waals surface area contributed by atoms with Gasteiger partial charge in [-0.2, -0.15) is 8.42 Å². The summed E-state index contributed by atoms with van der Waals surface area (Å²) in [6, 6.07) is 12.0. The van der Waals surface area contributed by atoms with Gasteiger partial charge >= 0.3 is 0 Å². The van der Waals surface area contributed by atoms with Crippen molar-refractivity contribution in [3.63, 3.8) is 0 Å². The van der Waals surface area contributed by atoms with E-state index >= 15 is 0 Å². The van der Waals surface area contributed by atoms with Crippen LogP contribution in [0, 0.1) is 6.92 Å². The zero-order valence-corrected chi connectivity index (χ0v) is 16.0. The number of hydrogen-bond acceptors (Lipinski definition) is 5. The minimum atomic E-state index is -3.84. The summed E-state index contributed by atoms with van der Waals surface area (Å²) >= 11 is 0. The Bertz CT molecular complexity index is 812. The molecule has 0 bridgehead atoms. The average molecular weight is 364 g/mol. The molecule has 0 spiro atoms. The van der Waals surface area contributed by atoms with Crippen LogP contribution in [0.1, 0.15) is 30.9 Å². The van der Waals surface area contributed by atoms with Gasteiger partial charge in [-0.05, 0) is 44.2 Å². The molecule has 2 rings (SSSR count). The maximum atomic E-state index is 12.5. The molecule has 0 saturated heterocycles. The summed E-state index contributed by atoms with van der Waals surface area (Å²) in [7, 11) is -0.679. The maximum Gasteiger partial charge on any atom is 0.297 e. The van der Waals surface area contributed by atoms with E-state index in [1.54, 1.807) is 57.5 Å². The number of hydrogen-bond donors (Lipinski definition) is 0. The van der Waals surface area contributed by atoms with Gasteiger partial charge in [-0.1, -0.05) is 24.6 Å². The van der Waals surface area contributed by atoms with E-state index in [0.29, 0.717) is 11.5 Å². The molecule has 0 unspecified atom stereocenters. The summed E-state index contributed by atoms with van der Waals surface area (Å²) in [6.45, 7) is 5.53. The van der Waals surface area contributed by atoms with E-state index in [9.17, 15) is 8.42 Å². The Kier molecular flexibility index (Phi) is 6.08. The van der Waals surface area contributed by atoms with Crippen LogP contribution in [0.2, 0.25) is 0 Å². The fraction of sp³-hybridized carbons (Fsp3) is 0.368. The van der Waals surface area contributed by atoms with Crippen molar-refractivity contribution in [1.82, 2.24) is 0 Å². The second-order valence-corrected chi connectivity index (χ2v) is 7.54. The number of rotatable bonds is 7. The quantitative estimate of drug-likeness (QED) is 0.697. The zero-order chi connectivity index (χ0) is 18.6. The number of aryl methyl sites for hydroxylation is 1. The van der Waals surface area contributed by atoms with Crippen LogP contribution in [-0.4, -0.2) is 28.7 Å². The lowest BCUT2D eigenvalue weighted by Gasteiger charge is -2.22. The molecule has 0 heterocycles. The molecule has 0 radical (unpaired) electrons. The molecule has 2 atom stereocenters. The standard InChI is InChI=1S/C19H24O5S/c1-13-6-9-17(10-7-13)25(20,21)24-15(3)14(2)18-12-16(22-4)8-11-19(18)23-5/h6-12,14-15H,1-5H3/t14-,15+/m0/s1. The normalized spacial score (nSPS) is 14.0. The Morgan fingerprint density at radius 2 is 1.56 bits per heavy atom. The van der Waals surface area contributed by atoms with Crippen molar-refractivity contribution in [2.75, 3.05) is 14.2 Å². The predicted molar refractivity (Wildman–Crippen MR) is 96.9 cm³/mol. The first kappa shape index (κ1) is 19.3. The van der Waals surface area contributed by atoms with Gasteiger partial charge in [-0.25, -0.2) is 0 Å². The lowest BCUT2D eigenvalue weighted by atomic mass is 9.95. The summed E-state index contributed by atoms with van der Waals surface area (Å²) in [6.07, 6.45) is -0.577. The first-order valence-corrected chi connectivity index (χ1v) is 9.41. The fourth-order valence-corrected chi connectivity index (χ4v) is 3.64. The topological polar surface area (TPSA) is 61.8 Å². The van der Waals surface area contributed by atoms with Crippen molar-refractivity contribution in [2.45, 2.75) is 37.7 Å². The molecule has 0 fully saturated rings.